The normalized spacial score (nSPS) is 13.2. The maximum atomic E-state index is 12.9. The van der Waals surface area contributed by atoms with Crippen molar-refractivity contribution in [3.63, 3.8) is 0 Å². The van der Waals surface area contributed by atoms with Gasteiger partial charge >= 0.3 is 0 Å². The Morgan fingerprint density at radius 3 is 2.14 bits per heavy atom. The Hall–Kier alpha value is -2.43. The second-order valence-electron chi connectivity index (χ2n) is 7.51. The molecule has 1 amide bonds. The minimum absolute atomic E-state index is 0.0124. The van der Waals surface area contributed by atoms with Crippen LogP contribution in [-0.4, -0.2) is 11.9 Å². The fourth-order valence-corrected chi connectivity index (χ4v) is 4.30. The summed E-state index contributed by atoms with van der Waals surface area (Å²) < 4.78 is 0. The Morgan fingerprint density at radius 1 is 0.929 bits per heavy atom. The maximum Gasteiger partial charge on any atom is 0.241 e. The molecule has 1 aromatic heterocycles. The average Bonchev–Trinajstić information content (AvgIpc) is 3.17. The Morgan fingerprint density at radius 2 is 1.57 bits per heavy atom. The van der Waals surface area contributed by atoms with Gasteiger partial charge in [0.15, 0.2) is 0 Å². The van der Waals surface area contributed by atoms with E-state index in [-0.39, 0.29) is 18.0 Å². The number of carbonyl (C=O) groups is 1. The molecule has 0 aliphatic carbocycles. The molecule has 2 aromatic carbocycles. The zero-order valence-electron chi connectivity index (χ0n) is 17.2. The molecule has 2 atom stereocenters. The van der Waals surface area contributed by atoms with E-state index in [0.717, 1.165) is 22.4 Å². The molecular weight excluding hydrogens is 364 g/mol. The second kappa shape index (κ2) is 8.72. The summed E-state index contributed by atoms with van der Waals surface area (Å²) in [5.74, 6) is -0.0243. The summed E-state index contributed by atoms with van der Waals surface area (Å²) in [5.41, 5.74) is 6.68. The van der Waals surface area contributed by atoms with E-state index in [9.17, 15) is 4.79 Å². The quantitative estimate of drug-likeness (QED) is 0.566. The van der Waals surface area contributed by atoms with Crippen LogP contribution < -0.4 is 10.6 Å². The second-order valence-corrected chi connectivity index (χ2v) is 8.49. The molecule has 0 bridgehead atoms. The third-order valence-electron chi connectivity index (χ3n) is 4.97. The number of benzene rings is 2. The van der Waals surface area contributed by atoms with Gasteiger partial charge in [0.2, 0.25) is 5.91 Å². The highest BCUT2D eigenvalue weighted by molar-refractivity contribution is 7.10. The smallest absolute Gasteiger partial charge is 0.241 e. The number of aryl methyl sites for hydroxylation is 4. The highest BCUT2D eigenvalue weighted by atomic mass is 32.1. The molecule has 0 aliphatic rings. The van der Waals surface area contributed by atoms with Gasteiger partial charge in [0.25, 0.3) is 0 Å². The topological polar surface area (TPSA) is 41.1 Å². The highest BCUT2D eigenvalue weighted by Crippen LogP contribution is 2.27. The lowest BCUT2D eigenvalue weighted by molar-refractivity contribution is -0.117. The fraction of sp³-hybridized carbons (Fsp3) is 0.292. The van der Waals surface area contributed by atoms with Crippen molar-refractivity contribution in [3.05, 3.63) is 86.6 Å². The van der Waals surface area contributed by atoms with Gasteiger partial charge in [-0.05, 0) is 62.8 Å². The van der Waals surface area contributed by atoms with E-state index in [2.05, 4.69) is 72.3 Å². The molecule has 0 fully saturated rings. The van der Waals surface area contributed by atoms with Crippen LogP contribution in [0.3, 0.4) is 0 Å². The van der Waals surface area contributed by atoms with Crippen LogP contribution in [0.15, 0.2) is 53.9 Å². The summed E-state index contributed by atoms with van der Waals surface area (Å²) in [5, 5.41) is 8.71. The van der Waals surface area contributed by atoms with Crippen molar-refractivity contribution in [1.29, 1.82) is 0 Å². The van der Waals surface area contributed by atoms with Crippen molar-refractivity contribution in [2.75, 3.05) is 5.32 Å². The largest absolute Gasteiger partial charge is 0.324 e. The fourth-order valence-electron chi connectivity index (χ4n) is 3.49. The molecule has 3 nitrogen and oxygen atoms in total. The number of anilines is 1. The molecule has 0 aliphatic heterocycles. The van der Waals surface area contributed by atoms with Crippen LogP contribution in [0.5, 0.6) is 0 Å². The van der Waals surface area contributed by atoms with Crippen LogP contribution in [0, 0.1) is 27.7 Å². The summed E-state index contributed by atoms with van der Waals surface area (Å²) in [7, 11) is 0. The molecule has 3 rings (SSSR count). The highest BCUT2D eigenvalue weighted by Gasteiger charge is 2.22. The zero-order valence-corrected chi connectivity index (χ0v) is 18.0. The van der Waals surface area contributed by atoms with E-state index in [0.29, 0.717) is 0 Å². The third-order valence-corrected chi connectivity index (χ3v) is 5.91. The van der Waals surface area contributed by atoms with Gasteiger partial charge in [0, 0.05) is 10.6 Å². The van der Waals surface area contributed by atoms with Gasteiger partial charge in [-0.2, -0.15) is 0 Å². The van der Waals surface area contributed by atoms with E-state index in [1.807, 2.05) is 26.8 Å². The Kier molecular flexibility index (Phi) is 6.32. The first-order valence-electron chi connectivity index (χ1n) is 9.60. The van der Waals surface area contributed by atoms with E-state index in [1.54, 1.807) is 11.3 Å². The van der Waals surface area contributed by atoms with Crippen molar-refractivity contribution < 1.29 is 4.79 Å². The molecule has 0 spiro atoms. The van der Waals surface area contributed by atoms with Gasteiger partial charge in [-0.1, -0.05) is 53.6 Å². The Labute approximate surface area is 171 Å². The monoisotopic (exact) mass is 392 g/mol. The summed E-state index contributed by atoms with van der Waals surface area (Å²) in [6, 6.07) is 16.5. The first-order valence-corrected chi connectivity index (χ1v) is 10.5. The molecule has 4 heteroatoms. The molecule has 2 N–H and O–H groups in total. The van der Waals surface area contributed by atoms with Crippen LogP contribution >= 0.6 is 11.3 Å². The summed E-state index contributed by atoms with van der Waals surface area (Å²) in [4.78, 5) is 14.1. The summed E-state index contributed by atoms with van der Waals surface area (Å²) in [6.45, 7) is 10.1. The van der Waals surface area contributed by atoms with Crippen LogP contribution in [0.1, 0.15) is 45.7 Å². The first-order chi connectivity index (χ1) is 13.3. The van der Waals surface area contributed by atoms with E-state index < -0.39 is 0 Å². The van der Waals surface area contributed by atoms with Gasteiger partial charge in [0.05, 0.1) is 12.1 Å². The van der Waals surface area contributed by atoms with E-state index in [1.165, 1.54) is 16.0 Å². The van der Waals surface area contributed by atoms with E-state index in [4.69, 9.17) is 0 Å². The van der Waals surface area contributed by atoms with Crippen LogP contribution in [-0.2, 0) is 4.79 Å². The van der Waals surface area contributed by atoms with Crippen LogP contribution in [0.2, 0.25) is 0 Å². The minimum Gasteiger partial charge on any atom is -0.324 e. The number of carbonyl (C=O) groups excluding carboxylic acids is 1. The van der Waals surface area contributed by atoms with E-state index >= 15 is 0 Å². The predicted molar refractivity (Wildman–Crippen MR) is 119 cm³/mol. The third kappa shape index (κ3) is 4.70. The Bertz CT molecular complexity index is 922. The van der Waals surface area contributed by atoms with Crippen molar-refractivity contribution in [3.8, 4) is 0 Å². The van der Waals surface area contributed by atoms with Crippen molar-refractivity contribution in [2.24, 2.45) is 0 Å². The van der Waals surface area contributed by atoms with Crippen molar-refractivity contribution in [2.45, 2.75) is 46.7 Å². The predicted octanol–water partition coefficient (Wildman–Crippen LogP) is 5.69. The number of amides is 1. The average molecular weight is 393 g/mol. The van der Waals surface area contributed by atoms with Crippen molar-refractivity contribution >= 4 is 22.9 Å². The SMILES string of the molecule is Cc1ccc([C@H](N[C@@H](C)C(=O)Nc2c(C)cc(C)cc2C)c2cccs2)cc1. The minimum atomic E-state index is -0.339. The number of hydrogen-bond acceptors (Lipinski definition) is 3. The Balaban J connectivity index is 1.79. The van der Waals surface area contributed by atoms with Gasteiger partial charge in [-0.25, -0.2) is 0 Å². The number of hydrogen-bond donors (Lipinski definition) is 2. The molecule has 0 unspecified atom stereocenters. The standard InChI is InChI=1S/C24H28N2OS/c1-15-8-10-20(11-9-15)23(21-7-6-12-28-21)25-19(5)24(27)26-22-17(3)13-16(2)14-18(22)4/h6-14,19,23,25H,1-5H3,(H,26,27)/t19-,23-/m0/s1. The lowest BCUT2D eigenvalue weighted by atomic mass is 10.0. The van der Waals surface area contributed by atoms with Crippen molar-refractivity contribution in [1.82, 2.24) is 5.32 Å². The molecule has 0 saturated heterocycles. The molecule has 3 aromatic rings. The van der Waals surface area contributed by atoms with Gasteiger partial charge in [0.1, 0.15) is 0 Å². The molecular formula is C24H28N2OS. The van der Waals surface area contributed by atoms with Crippen LogP contribution in [0.4, 0.5) is 5.69 Å². The number of thiophene rings is 1. The summed E-state index contributed by atoms with van der Waals surface area (Å²) in [6.07, 6.45) is 0. The number of rotatable bonds is 6. The lowest BCUT2D eigenvalue weighted by Crippen LogP contribution is -2.40. The zero-order chi connectivity index (χ0) is 20.3. The molecule has 0 radical (unpaired) electrons. The first kappa shape index (κ1) is 20.3. The van der Waals surface area contributed by atoms with Crippen LogP contribution in [0.25, 0.3) is 0 Å². The molecule has 1 heterocycles. The lowest BCUT2D eigenvalue weighted by Gasteiger charge is -2.23. The summed E-state index contributed by atoms with van der Waals surface area (Å²) >= 11 is 1.70. The van der Waals surface area contributed by atoms with Gasteiger partial charge in [-0.3, -0.25) is 10.1 Å². The number of nitrogens with one attached hydrogen (secondary N) is 2. The van der Waals surface area contributed by atoms with Gasteiger partial charge in [-0.15, -0.1) is 11.3 Å². The molecule has 0 saturated carbocycles. The maximum absolute atomic E-state index is 12.9. The molecule has 28 heavy (non-hydrogen) atoms. The van der Waals surface area contributed by atoms with Gasteiger partial charge < -0.3 is 5.32 Å². The molecule has 146 valence electrons.